The van der Waals surface area contributed by atoms with Gasteiger partial charge in [-0.05, 0) is 36.4 Å². The molecule has 0 radical (unpaired) electrons. The first-order valence-corrected chi connectivity index (χ1v) is 7.67. The van der Waals surface area contributed by atoms with Crippen molar-refractivity contribution in [3.63, 3.8) is 0 Å². The van der Waals surface area contributed by atoms with Crippen LogP contribution in [0.15, 0.2) is 42.5 Å². The number of amides is 2. The van der Waals surface area contributed by atoms with Gasteiger partial charge >= 0.3 is 6.18 Å². The molecule has 0 saturated carbocycles. The van der Waals surface area contributed by atoms with E-state index in [1.54, 1.807) is 0 Å². The van der Waals surface area contributed by atoms with Crippen molar-refractivity contribution < 1.29 is 27.6 Å². The van der Waals surface area contributed by atoms with Crippen molar-refractivity contribution in [1.82, 2.24) is 0 Å². The molecule has 0 spiro atoms. The van der Waals surface area contributed by atoms with E-state index in [-0.39, 0.29) is 22.0 Å². The molecule has 1 N–H and O–H groups in total. The second kappa shape index (κ2) is 6.45. The Labute approximate surface area is 150 Å². The van der Waals surface area contributed by atoms with Gasteiger partial charge in [0, 0.05) is 10.7 Å². The second-order valence-electron chi connectivity index (χ2n) is 5.51. The number of hydrogen-bond acceptors (Lipinski definition) is 3. The molecule has 1 heterocycles. The van der Waals surface area contributed by atoms with E-state index in [4.69, 9.17) is 11.6 Å². The number of carbonyl (C=O) groups is 3. The number of rotatable bonds is 3. The molecule has 0 unspecified atom stereocenters. The molecule has 1 aliphatic heterocycles. The summed E-state index contributed by atoms with van der Waals surface area (Å²) in [4.78, 5) is 37.1. The van der Waals surface area contributed by atoms with Gasteiger partial charge in [0.25, 0.3) is 11.7 Å². The molecule has 0 saturated heterocycles. The third-order valence-electron chi connectivity index (χ3n) is 3.71. The number of alkyl halides is 3. The molecule has 2 aromatic carbocycles. The normalized spacial score (nSPS) is 13.8. The molecule has 2 amide bonds. The number of Topliss-reactive ketones (excluding diaryl/α,β-unsaturated/α-hetero) is 1. The van der Waals surface area contributed by atoms with Crippen molar-refractivity contribution in [3.05, 3.63) is 58.6 Å². The van der Waals surface area contributed by atoms with Gasteiger partial charge in [0.15, 0.2) is 0 Å². The fourth-order valence-corrected chi connectivity index (χ4v) is 2.72. The summed E-state index contributed by atoms with van der Waals surface area (Å²) in [5, 5.41) is 2.55. The molecule has 0 atom stereocenters. The van der Waals surface area contributed by atoms with Gasteiger partial charge in [0.2, 0.25) is 5.91 Å². The van der Waals surface area contributed by atoms with Crippen LogP contribution in [0.4, 0.5) is 24.5 Å². The first-order chi connectivity index (χ1) is 12.2. The van der Waals surface area contributed by atoms with E-state index in [9.17, 15) is 27.6 Å². The SMILES string of the molecule is O=C(CN1C(=O)C(=O)c2cc(Cl)ccc21)Nc1cccc(C(F)(F)F)c1. The molecule has 134 valence electrons. The van der Waals surface area contributed by atoms with E-state index in [0.29, 0.717) is 0 Å². The van der Waals surface area contributed by atoms with Gasteiger partial charge in [0.1, 0.15) is 6.54 Å². The highest BCUT2D eigenvalue weighted by atomic mass is 35.5. The van der Waals surface area contributed by atoms with Crippen molar-refractivity contribution in [2.24, 2.45) is 0 Å². The fraction of sp³-hybridized carbons (Fsp3) is 0.118. The van der Waals surface area contributed by atoms with E-state index < -0.39 is 35.9 Å². The lowest BCUT2D eigenvalue weighted by Crippen LogP contribution is -2.37. The third-order valence-corrected chi connectivity index (χ3v) is 3.94. The van der Waals surface area contributed by atoms with Gasteiger partial charge in [0.05, 0.1) is 16.8 Å². The predicted octanol–water partition coefficient (Wildman–Crippen LogP) is 3.53. The molecule has 1 aliphatic rings. The molecule has 0 fully saturated rings. The van der Waals surface area contributed by atoms with E-state index in [0.717, 1.165) is 23.1 Å². The summed E-state index contributed by atoms with van der Waals surface area (Å²) in [7, 11) is 0. The molecular formula is C17H10ClF3N2O3. The van der Waals surface area contributed by atoms with Crippen LogP contribution in [-0.2, 0) is 15.8 Å². The molecule has 26 heavy (non-hydrogen) atoms. The van der Waals surface area contributed by atoms with Crippen LogP contribution in [-0.4, -0.2) is 24.1 Å². The van der Waals surface area contributed by atoms with Crippen LogP contribution in [0.5, 0.6) is 0 Å². The number of halogens is 4. The lowest BCUT2D eigenvalue weighted by Gasteiger charge is -2.16. The number of benzene rings is 2. The average Bonchev–Trinajstić information content (AvgIpc) is 2.79. The number of nitrogens with zero attached hydrogens (tertiary/aromatic N) is 1. The number of ketones is 1. The average molecular weight is 383 g/mol. The summed E-state index contributed by atoms with van der Waals surface area (Å²) in [5.41, 5.74) is -0.681. The van der Waals surface area contributed by atoms with Crippen molar-refractivity contribution >= 4 is 40.6 Å². The fourth-order valence-electron chi connectivity index (χ4n) is 2.55. The lowest BCUT2D eigenvalue weighted by molar-refractivity contribution is -0.137. The summed E-state index contributed by atoms with van der Waals surface area (Å²) < 4.78 is 38.1. The largest absolute Gasteiger partial charge is 0.416 e. The summed E-state index contributed by atoms with van der Waals surface area (Å²) in [5.74, 6) is -2.44. The number of hydrogen-bond donors (Lipinski definition) is 1. The van der Waals surface area contributed by atoms with E-state index >= 15 is 0 Å². The Morgan fingerprint density at radius 1 is 1.12 bits per heavy atom. The van der Waals surface area contributed by atoms with Crippen LogP contribution in [0, 0.1) is 0 Å². The highest BCUT2D eigenvalue weighted by Crippen LogP contribution is 2.32. The molecule has 0 aromatic heterocycles. The minimum absolute atomic E-state index is 0.0703. The summed E-state index contributed by atoms with van der Waals surface area (Å²) in [6.45, 7) is -0.518. The summed E-state index contributed by atoms with van der Waals surface area (Å²) in [6.07, 6.45) is -4.55. The summed E-state index contributed by atoms with van der Waals surface area (Å²) in [6, 6.07) is 8.31. The molecule has 0 aliphatic carbocycles. The lowest BCUT2D eigenvalue weighted by atomic mass is 10.1. The Balaban J connectivity index is 1.77. The van der Waals surface area contributed by atoms with Gasteiger partial charge in [-0.15, -0.1) is 0 Å². The first-order valence-electron chi connectivity index (χ1n) is 7.29. The van der Waals surface area contributed by atoms with Crippen LogP contribution >= 0.6 is 11.6 Å². The Kier molecular flexibility index (Phi) is 4.45. The summed E-state index contributed by atoms with van der Waals surface area (Å²) >= 11 is 5.80. The monoisotopic (exact) mass is 382 g/mol. The van der Waals surface area contributed by atoms with Crippen LogP contribution in [0.2, 0.25) is 5.02 Å². The Morgan fingerprint density at radius 2 is 1.85 bits per heavy atom. The number of anilines is 2. The van der Waals surface area contributed by atoms with Gasteiger partial charge in [-0.25, -0.2) is 0 Å². The minimum Gasteiger partial charge on any atom is -0.325 e. The van der Waals surface area contributed by atoms with Gasteiger partial charge in [-0.1, -0.05) is 17.7 Å². The smallest absolute Gasteiger partial charge is 0.325 e. The van der Waals surface area contributed by atoms with Gasteiger partial charge in [-0.2, -0.15) is 13.2 Å². The van der Waals surface area contributed by atoms with E-state index in [1.807, 2.05) is 0 Å². The standard InChI is InChI=1S/C17H10ClF3N2O3/c18-10-4-5-13-12(7-10)15(25)16(26)23(13)8-14(24)22-11-3-1-2-9(6-11)17(19,20)21/h1-7H,8H2,(H,22,24). The van der Waals surface area contributed by atoms with Crippen molar-refractivity contribution in [2.75, 3.05) is 16.8 Å². The zero-order chi connectivity index (χ0) is 19.1. The Hall–Kier alpha value is -2.87. The van der Waals surface area contributed by atoms with Crippen LogP contribution < -0.4 is 10.2 Å². The Morgan fingerprint density at radius 3 is 2.54 bits per heavy atom. The van der Waals surface area contributed by atoms with Gasteiger partial charge < -0.3 is 5.32 Å². The van der Waals surface area contributed by atoms with Crippen LogP contribution in [0.25, 0.3) is 0 Å². The second-order valence-corrected chi connectivity index (χ2v) is 5.95. The molecule has 0 bridgehead atoms. The molecular weight excluding hydrogens is 373 g/mol. The predicted molar refractivity (Wildman–Crippen MR) is 88.2 cm³/mol. The maximum Gasteiger partial charge on any atom is 0.416 e. The highest BCUT2D eigenvalue weighted by molar-refractivity contribution is 6.53. The quantitative estimate of drug-likeness (QED) is 0.826. The van der Waals surface area contributed by atoms with E-state index in [1.165, 1.54) is 24.3 Å². The maximum atomic E-state index is 12.7. The van der Waals surface area contributed by atoms with Crippen molar-refractivity contribution in [2.45, 2.75) is 6.18 Å². The van der Waals surface area contributed by atoms with E-state index in [2.05, 4.69) is 5.32 Å². The molecule has 2 aromatic rings. The zero-order valence-corrected chi connectivity index (χ0v) is 13.7. The molecule has 3 rings (SSSR count). The highest BCUT2D eigenvalue weighted by Gasteiger charge is 2.37. The number of fused-ring (bicyclic) bond motifs is 1. The Bertz CT molecular complexity index is 928. The van der Waals surface area contributed by atoms with Crippen LogP contribution in [0.3, 0.4) is 0 Å². The van der Waals surface area contributed by atoms with Gasteiger partial charge in [-0.3, -0.25) is 19.3 Å². The number of nitrogens with one attached hydrogen (secondary N) is 1. The third kappa shape index (κ3) is 3.41. The zero-order valence-electron chi connectivity index (χ0n) is 12.9. The van der Waals surface area contributed by atoms with Crippen LogP contribution in [0.1, 0.15) is 15.9 Å². The first kappa shape index (κ1) is 17.9. The number of carbonyl (C=O) groups excluding carboxylic acids is 3. The molecule has 5 nitrogen and oxygen atoms in total. The molecule has 9 heteroatoms. The van der Waals surface area contributed by atoms with Crippen molar-refractivity contribution in [3.8, 4) is 0 Å². The maximum absolute atomic E-state index is 12.7. The minimum atomic E-state index is -4.55. The van der Waals surface area contributed by atoms with Crippen molar-refractivity contribution in [1.29, 1.82) is 0 Å². The topological polar surface area (TPSA) is 66.5 Å².